The number of fused-ring (bicyclic) bond motifs is 4. The summed E-state index contributed by atoms with van der Waals surface area (Å²) in [5, 5.41) is 25.5. The third-order valence-electron chi connectivity index (χ3n) is 16.5. The number of nitrogens with one attached hydrogen (secondary N) is 3. The summed E-state index contributed by atoms with van der Waals surface area (Å²) in [6.45, 7) is 14.0. The van der Waals surface area contributed by atoms with E-state index in [2.05, 4.69) is 38.1 Å². The molecule has 0 unspecified atom stereocenters. The summed E-state index contributed by atoms with van der Waals surface area (Å²) in [5.74, 6) is -2.58. The number of para-hydroxylation sites is 1. The van der Waals surface area contributed by atoms with Crippen molar-refractivity contribution in [2.24, 2.45) is 17.8 Å². The van der Waals surface area contributed by atoms with Gasteiger partial charge in [0, 0.05) is 82.2 Å². The van der Waals surface area contributed by atoms with Crippen LogP contribution in [0.25, 0.3) is 22.0 Å². The van der Waals surface area contributed by atoms with Gasteiger partial charge in [0.2, 0.25) is 5.91 Å². The maximum absolute atomic E-state index is 14.2. The molecule has 0 saturated heterocycles. The quantitative estimate of drug-likeness (QED) is 0.0333. The van der Waals surface area contributed by atoms with Crippen LogP contribution >= 0.6 is 0 Å². The lowest BCUT2D eigenvalue weighted by molar-refractivity contribution is -0.142. The van der Waals surface area contributed by atoms with Crippen molar-refractivity contribution < 1.29 is 114 Å². The number of carbonyl (C=O) groups excluding carboxylic acids is 2. The number of H-pyrrole nitrogens is 1. The van der Waals surface area contributed by atoms with Crippen LogP contribution in [0.1, 0.15) is 47.6 Å². The minimum Gasteiger partial charge on any atom is -0.480 e. The summed E-state index contributed by atoms with van der Waals surface area (Å²) in [5.41, 5.74) is 6.44. The third-order valence-corrected chi connectivity index (χ3v) is 16.5. The van der Waals surface area contributed by atoms with Crippen LogP contribution in [-0.2, 0) is 124 Å². The minimum absolute atomic E-state index is 0.0348. The van der Waals surface area contributed by atoms with Gasteiger partial charge in [0.15, 0.2) is 0 Å². The predicted molar refractivity (Wildman–Crippen MR) is 387 cm³/mol. The van der Waals surface area contributed by atoms with Gasteiger partial charge in [-0.05, 0) is 53.1 Å². The number of hydrogen-bond acceptors (Lipinski definition) is 25. The summed E-state index contributed by atoms with van der Waals surface area (Å²) in [6, 6.07) is 21.2. The summed E-state index contributed by atoms with van der Waals surface area (Å²) >= 11 is 0. The topological polar surface area (TPSA) is 327 Å². The maximum atomic E-state index is 14.2. The van der Waals surface area contributed by atoms with E-state index >= 15 is 0 Å². The number of alkyl carbamates (subject to hydrolysis) is 1. The van der Waals surface area contributed by atoms with Gasteiger partial charge in [0.05, 0.1) is 231 Å². The maximum Gasteiger partial charge on any atom is 0.407 e. The zero-order valence-electron chi connectivity index (χ0n) is 62.0. The highest BCUT2D eigenvalue weighted by Crippen LogP contribution is 2.44. The molecule has 30 nitrogen and oxygen atoms in total. The SMILES string of the molecule is COCCOCCOCCOCC(COCCOCCOCCOC)COCC(COCc1cn(CCCC[C@H](NC(=O)[C@H](Cc2c[nH]c3ccccc23)NC(=O)OCC2c3ccccc3-c3ccccc32)C(=O)O)nn1)COCC(COCCOCCOCCOC)COCCOCCOCCOC. The number of benzene rings is 3. The van der Waals surface area contributed by atoms with Crippen LogP contribution in [0.2, 0.25) is 0 Å². The number of aromatic amines is 1. The normalized spacial score (nSPS) is 12.8. The first-order valence-corrected chi connectivity index (χ1v) is 36.4. The van der Waals surface area contributed by atoms with E-state index in [1.807, 2.05) is 60.7 Å². The Labute approximate surface area is 617 Å². The van der Waals surface area contributed by atoms with Gasteiger partial charge < -0.3 is 115 Å². The molecular formula is C75H116N6O24. The largest absolute Gasteiger partial charge is 0.480 e. The molecule has 590 valence electrons. The first kappa shape index (κ1) is 87.7. The van der Waals surface area contributed by atoms with E-state index in [1.54, 1.807) is 45.5 Å². The number of rotatable bonds is 69. The first-order chi connectivity index (χ1) is 51.7. The average molecular weight is 1490 g/mol. The number of ether oxygens (including phenoxy) is 20. The second kappa shape index (κ2) is 57.0. The zero-order chi connectivity index (χ0) is 74.3. The summed E-state index contributed by atoms with van der Waals surface area (Å²) in [4.78, 5) is 43.9. The Hall–Kier alpha value is -6.21. The molecule has 2 aromatic heterocycles. The molecule has 2 atom stereocenters. The molecule has 1 aliphatic rings. The first-order valence-electron chi connectivity index (χ1n) is 36.4. The van der Waals surface area contributed by atoms with Gasteiger partial charge in [-0.25, -0.2) is 9.59 Å². The molecule has 0 radical (unpaired) electrons. The smallest absolute Gasteiger partial charge is 0.407 e. The number of aryl methyl sites for hydroxylation is 1. The fraction of sp³-hybridized carbons (Fsp3) is 0.667. The minimum atomic E-state index is -1.25. The number of unbranched alkanes of at least 4 members (excludes halogenated alkanes) is 1. The molecule has 0 saturated carbocycles. The monoisotopic (exact) mass is 1480 g/mol. The zero-order valence-corrected chi connectivity index (χ0v) is 62.0. The van der Waals surface area contributed by atoms with E-state index < -0.39 is 30.1 Å². The van der Waals surface area contributed by atoms with Crippen molar-refractivity contribution in [2.75, 3.05) is 253 Å². The van der Waals surface area contributed by atoms with Crippen molar-refractivity contribution >= 4 is 28.9 Å². The van der Waals surface area contributed by atoms with Gasteiger partial charge in [0.25, 0.3) is 0 Å². The van der Waals surface area contributed by atoms with E-state index in [-0.39, 0.29) is 69.5 Å². The van der Waals surface area contributed by atoms with Gasteiger partial charge in [-0.3, -0.25) is 9.48 Å². The fourth-order valence-electron chi connectivity index (χ4n) is 11.1. The Morgan fingerprint density at radius 1 is 0.467 bits per heavy atom. The van der Waals surface area contributed by atoms with Crippen LogP contribution in [0.4, 0.5) is 4.79 Å². The van der Waals surface area contributed by atoms with Crippen LogP contribution in [-0.4, -0.2) is 308 Å². The number of aromatic nitrogens is 4. The van der Waals surface area contributed by atoms with Crippen LogP contribution < -0.4 is 10.6 Å². The van der Waals surface area contributed by atoms with E-state index in [1.165, 1.54) is 0 Å². The van der Waals surface area contributed by atoms with Crippen LogP contribution in [0, 0.1) is 17.8 Å². The molecular weight excluding hydrogens is 1370 g/mol. The Balaban J connectivity index is 1.02. The van der Waals surface area contributed by atoms with Crippen molar-refractivity contribution in [3.05, 3.63) is 108 Å². The number of carboxylic acid groups (broad SMARTS) is 1. The number of carbonyl (C=O) groups is 3. The third kappa shape index (κ3) is 37.4. The van der Waals surface area contributed by atoms with Crippen molar-refractivity contribution in [3.63, 3.8) is 0 Å². The summed E-state index contributed by atoms with van der Waals surface area (Å²) in [6.07, 6.45) is 3.87. The molecule has 0 fully saturated rings. The Bertz CT molecular complexity index is 2870. The number of amides is 2. The van der Waals surface area contributed by atoms with Crippen LogP contribution in [0.5, 0.6) is 0 Å². The van der Waals surface area contributed by atoms with E-state index in [9.17, 15) is 19.5 Å². The lowest BCUT2D eigenvalue weighted by atomic mass is 9.98. The predicted octanol–water partition coefficient (Wildman–Crippen LogP) is 5.83. The molecule has 2 heterocycles. The summed E-state index contributed by atoms with van der Waals surface area (Å²) in [7, 11) is 6.51. The van der Waals surface area contributed by atoms with Crippen LogP contribution in [0.15, 0.2) is 85.2 Å². The molecule has 5 aromatic rings. The van der Waals surface area contributed by atoms with Gasteiger partial charge >= 0.3 is 12.1 Å². The molecule has 1 aliphatic carbocycles. The molecule has 0 aliphatic heterocycles. The van der Waals surface area contributed by atoms with Crippen molar-refractivity contribution in [1.82, 2.24) is 30.6 Å². The molecule has 30 heteroatoms. The van der Waals surface area contributed by atoms with Gasteiger partial charge in [-0.2, -0.15) is 0 Å². The molecule has 2 amide bonds. The standard InChI is InChI=1S/C75H116N6O24/c1-86-21-25-90-29-33-94-37-41-98-48-59(49-99-42-38-95-34-30-91-26-22-87-2)52-102-54-61(55-103-53-60(50-100-43-39-96-35-31-92-27-23-88-3)51-101-44-40-97-36-32-93-28-24-89-4)56-104-57-63-47-81(80-79-63)20-12-11-19-71(74(83)84)77-73(82)72(45-62-46-76-70-18-10-9-13-64(62)70)78-75(85)105-58-69-67-16-7-5-14-65(67)66-15-6-8-17-68(66)69/h5-10,13-18,46-47,59-61,69,71-72,76H,11-12,19-45,48-58H2,1-4H3,(H,77,82)(H,78,85)(H,83,84)/t71-,72-/m0/s1. The lowest BCUT2D eigenvalue weighted by Gasteiger charge is -2.22. The summed E-state index contributed by atoms with van der Waals surface area (Å²) < 4.78 is 116. The van der Waals surface area contributed by atoms with E-state index in [4.69, 9.17) is 94.7 Å². The highest BCUT2D eigenvalue weighted by molar-refractivity contribution is 5.91. The molecule has 0 bridgehead atoms. The van der Waals surface area contributed by atoms with Crippen LogP contribution in [0.3, 0.4) is 0 Å². The van der Waals surface area contributed by atoms with Crippen molar-refractivity contribution in [3.8, 4) is 11.1 Å². The molecule has 3 aromatic carbocycles. The fourth-order valence-corrected chi connectivity index (χ4v) is 11.1. The van der Waals surface area contributed by atoms with E-state index in [0.29, 0.717) is 223 Å². The van der Waals surface area contributed by atoms with Crippen molar-refractivity contribution in [1.29, 1.82) is 0 Å². The second-order valence-electron chi connectivity index (χ2n) is 24.8. The van der Waals surface area contributed by atoms with Gasteiger partial charge in [-0.1, -0.05) is 71.9 Å². The number of nitrogens with zero attached hydrogens (tertiary/aromatic N) is 3. The average Bonchev–Trinajstić information content (AvgIpc) is 1.40. The number of methoxy groups -OCH3 is 4. The highest BCUT2D eigenvalue weighted by Gasteiger charge is 2.32. The number of aliphatic carboxylic acids is 1. The highest BCUT2D eigenvalue weighted by atomic mass is 16.6. The molecule has 105 heavy (non-hydrogen) atoms. The Morgan fingerprint density at radius 3 is 1.31 bits per heavy atom. The molecule has 0 spiro atoms. The van der Waals surface area contributed by atoms with Gasteiger partial charge in [0.1, 0.15) is 24.4 Å². The molecule has 6 rings (SSSR count). The Morgan fingerprint density at radius 2 is 0.867 bits per heavy atom. The second-order valence-corrected chi connectivity index (χ2v) is 24.8. The molecule has 4 N–H and O–H groups in total. The number of hydrogen-bond donors (Lipinski definition) is 4. The van der Waals surface area contributed by atoms with Gasteiger partial charge in [-0.15, -0.1) is 5.10 Å². The Kier molecular flexibility index (Phi) is 47.6. The number of carboxylic acids is 1. The lowest BCUT2D eigenvalue weighted by Crippen LogP contribution is -2.52. The van der Waals surface area contributed by atoms with E-state index in [0.717, 1.165) is 38.7 Å². The van der Waals surface area contributed by atoms with Crippen molar-refractivity contribution in [2.45, 2.75) is 56.8 Å².